The van der Waals surface area contributed by atoms with Crippen molar-refractivity contribution in [1.82, 2.24) is 34.1 Å². The van der Waals surface area contributed by atoms with E-state index < -0.39 is 79.1 Å². The second kappa shape index (κ2) is 30.8. The molecular weight excluding hydrogens is 1260 g/mol. The first-order valence-electron chi connectivity index (χ1n) is 24.8. The summed E-state index contributed by atoms with van der Waals surface area (Å²) in [4.78, 5) is 65.6. The SMILES string of the molecule is CCCCCC(C)OC(=O)COc1ccc(Cl)c2cccnc12.CCOC(=O)C(Cl)Cc1cc(-n2nc(C)n(C(F)F)c2=O)c(F)cc1Cl.Cc1nn(C)c(O)c1C(=O)c1ccc(C(F)(F)F)cc1S(C)(=O)=O.Nc1cc(Cl)nc(C(=O)O)c1Cl. The summed E-state index contributed by atoms with van der Waals surface area (Å²) in [6.07, 6.45) is 1.67. The molecule has 0 amide bonds. The number of alkyl halides is 6. The van der Waals surface area contributed by atoms with Crippen molar-refractivity contribution in [2.45, 2.75) is 95.8 Å². The van der Waals surface area contributed by atoms with E-state index in [1.807, 2.05) is 19.1 Å². The maximum Gasteiger partial charge on any atom is 0.416 e. The van der Waals surface area contributed by atoms with Gasteiger partial charge in [-0.05, 0) is 107 Å². The Labute approximate surface area is 506 Å². The number of aromatic nitrogens is 7. The number of pyridine rings is 2. The number of nitrogens with two attached hydrogens (primary N) is 1. The van der Waals surface area contributed by atoms with Crippen LogP contribution in [0.5, 0.6) is 11.6 Å². The van der Waals surface area contributed by atoms with Crippen molar-refractivity contribution in [1.29, 1.82) is 0 Å². The number of aromatic hydroxyl groups is 1. The minimum Gasteiger partial charge on any atom is -0.493 e. The summed E-state index contributed by atoms with van der Waals surface area (Å²) in [6, 6.07) is 12.3. The maximum atomic E-state index is 14.2. The molecule has 460 valence electrons. The molecule has 0 radical (unpaired) electrons. The zero-order valence-corrected chi connectivity index (χ0v) is 50.4. The summed E-state index contributed by atoms with van der Waals surface area (Å²) in [7, 11) is -2.75. The van der Waals surface area contributed by atoms with E-state index in [1.165, 1.54) is 27.0 Å². The van der Waals surface area contributed by atoms with Crippen molar-refractivity contribution >= 4 is 108 Å². The molecule has 0 spiro atoms. The number of fused-ring (bicyclic) bond motifs is 1. The molecule has 4 N–H and O–H groups in total. The van der Waals surface area contributed by atoms with E-state index in [2.05, 4.69) is 27.1 Å². The van der Waals surface area contributed by atoms with Crippen LogP contribution < -0.4 is 16.2 Å². The van der Waals surface area contributed by atoms with Gasteiger partial charge in [-0.25, -0.2) is 41.4 Å². The van der Waals surface area contributed by atoms with Gasteiger partial charge >= 0.3 is 36.3 Å². The number of esters is 2. The smallest absolute Gasteiger partial charge is 0.416 e. The molecule has 7 aromatic rings. The van der Waals surface area contributed by atoms with Gasteiger partial charge in [0.2, 0.25) is 11.7 Å². The van der Waals surface area contributed by atoms with Crippen LogP contribution in [0.3, 0.4) is 0 Å². The number of hydrogen-bond donors (Lipinski definition) is 3. The molecule has 0 fully saturated rings. The Balaban J connectivity index is 0.000000250. The predicted octanol–water partition coefficient (Wildman–Crippen LogP) is 11.8. The van der Waals surface area contributed by atoms with Crippen molar-refractivity contribution in [3.63, 3.8) is 0 Å². The molecule has 4 aromatic heterocycles. The van der Waals surface area contributed by atoms with Gasteiger partial charge in [-0.3, -0.25) is 14.6 Å². The van der Waals surface area contributed by atoms with Crippen molar-refractivity contribution in [2.75, 3.05) is 25.2 Å². The average molecular weight is 1320 g/mol. The van der Waals surface area contributed by atoms with Crippen molar-refractivity contribution < 1.29 is 78.4 Å². The van der Waals surface area contributed by atoms with Crippen LogP contribution in [0.1, 0.15) is 102 Å². The second-order valence-corrected chi connectivity index (χ2v) is 22.0. The number of nitrogen functional groups attached to an aromatic ring is 1. The molecule has 32 heteroatoms. The summed E-state index contributed by atoms with van der Waals surface area (Å²) < 4.78 is 120. The van der Waals surface area contributed by atoms with Gasteiger partial charge in [-0.15, -0.1) is 16.7 Å². The van der Waals surface area contributed by atoms with E-state index >= 15 is 0 Å². The van der Waals surface area contributed by atoms with Gasteiger partial charge in [0, 0.05) is 41.9 Å². The minimum atomic E-state index is -4.76. The number of aryl methyl sites for hydroxylation is 3. The number of ketones is 1. The molecule has 0 bridgehead atoms. The fourth-order valence-electron chi connectivity index (χ4n) is 7.53. The molecule has 2 unspecified atom stereocenters. The van der Waals surface area contributed by atoms with E-state index in [-0.39, 0.29) is 91.2 Å². The van der Waals surface area contributed by atoms with E-state index in [0.717, 1.165) is 54.0 Å². The number of unbranched alkanes of at least 4 members (excludes halogenated alkanes) is 2. The Morgan fingerprint density at radius 1 is 0.929 bits per heavy atom. The molecule has 0 saturated heterocycles. The number of halogens is 11. The number of nitrogens with zero attached hydrogens (tertiary/aromatic N) is 7. The Hall–Kier alpha value is -7.17. The Morgan fingerprint density at radius 2 is 1.60 bits per heavy atom. The number of carbonyl (C=O) groups is 4. The number of carboxylic acid groups (broad SMARTS) is 1. The third kappa shape index (κ3) is 18.9. The standard InChI is InChI=1S/C18H22ClNO3.C15H14Cl2F3N3O3.C14H13F3N2O4S.C6H4Cl2N2O2/c1-3-4-5-7-13(2)23-17(21)12-22-16-10-9-15(19)14-8-6-11-20-18(14)16;1-3-26-13(24)10(17)4-8-5-12(11(18)6-9(8)16)23-15(25)22(14(19)20)7(2)21-23;1-7-11(13(21)19(2)18-7)12(20)9-5-4-8(14(15,16)17)6-10(9)24(3,22)23;7-3-1-2(9)4(8)5(10-3)6(11)12/h6,8-11,13H,3-5,7,12H2,1-2H3;5-6,10,14H,3-4H2,1-2H3;4-6,21H,1-3H3;1H,(H2,9,10)(H,11,12). The van der Waals surface area contributed by atoms with Gasteiger partial charge in [0.25, 0.3) is 0 Å². The highest BCUT2D eigenvalue weighted by Crippen LogP contribution is 2.35. The number of hydrogen-bond acceptors (Lipinski definition) is 16. The maximum absolute atomic E-state index is 14.2. The molecule has 0 aliphatic carbocycles. The van der Waals surface area contributed by atoms with E-state index in [1.54, 1.807) is 25.3 Å². The topological polar surface area (TPSA) is 280 Å². The van der Waals surface area contributed by atoms with E-state index in [0.29, 0.717) is 39.4 Å². The molecule has 85 heavy (non-hydrogen) atoms. The number of carbonyl (C=O) groups excluding carboxylic acids is 3. The average Bonchev–Trinajstić information content (AvgIpc) is 2.60. The van der Waals surface area contributed by atoms with Crippen molar-refractivity contribution in [3.05, 3.63) is 143 Å². The zero-order valence-electron chi connectivity index (χ0n) is 45.8. The van der Waals surface area contributed by atoms with Gasteiger partial charge in [0.1, 0.15) is 38.9 Å². The number of ether oxygens (including phenoxy) is 3. The first-order chi connectivity index (χ1) is 39.6. The monoisotopic (exact) mass is 1310 g/mol. The molecule has 20 nitrogen and oxygen atoms in total. The highest BCUT2D eigenvalue weighted by molar-refractivity contribution is 7.90. The molecular formula is C53H53Cl5F6N8O12S. The molecule has 2 atom stereocenters. The largest absolute Gasteiger partial charge is 0.493 e. The number of carboxylic acids is 1. The lowest BCUT2D eigenvalue weighted by atomic mass is 10.0. The molecule has 0 aliphatic rings. The summed E-state index contributed by atoms with van der Waals surface area (Å²) in [5.74, 6) is -4.44. The lowest BCUT2D eigenvalue weighted by molar-refractivity contribution is -0.151. The summed E-state index contributed by atoms with van der Waals surface area (Å²) in [6.45, 7) is 5.14. The minimum absolute atomic E-state index is 0.00861. The molecule has 0 saturated carbocycles. The second-order valence-electron chi connectivity index (χ2n) is 18.0. The molecule has 0 aliphatic heterocycles. The first kappa shape index (κ1) is 70.3. The van der Waals surface area contributed by atoms with Gasteiger partial charge in [-0.2, -0.15) is 31.7 Å². The number of rotatable bonds is 18. The van der Waals surface area contributed by atoms with Crippen LogP contribution >= 0.6 is 58.0 Å². The van der Waals surface area contributed by atoms with Crippen LogP contribution in [0, 0.1) is 19.7 Å². The number of benzene rings is 3. The van der Waals surface area contributed by atoms with Crippen LogP contribution in [0.15, 0.2) is 76.6 Å². The van der Waals surface area contributed by atoms with Crippen LogP contribution in [-0.2, 0) is 48.5 Å². The van der Waals surface area contributed by atoms with E-state index in [4.69, 9.17) is 83.1 Å². The summed E-state index contributed by atoms with van der Waals surface area (Å²) in [5.41, 5.74) is 2.60. The van der Waals surface area contributed by atoms with Crippen LogP contribution in [0.2, 0.25) is 20.2 Å². The molecule has 7 rings (SSSR count). The fourth-order valence-corrected chi connectivity index (χ4v) is 9.48. The third-order valence-electron chi connectivity index (χ3n) is 11.6. The van der Waals surface area contributed by atoms with Crippen LogP contribution in [-0.4, -0.2) is 107 Å². The van der Waals surface area contributed by atoms with Crippen LogP contribution in [0.25, 0.3) is 16.6 Å². The van der Waals surface area contributed by atoms with Crippen molar-refractivity contribution in [2.24, 2.45) is 7.05 Å². The molecule has 3 aromatic carbocycles. The third-order valence-corrected chi connectivity index (χ3v) is 14.3. The molecule has 4 heterocycles. The quantitative estimate of drug-likeness (QED) is 0.0180. The number of anilines is 1. The van der Waals surface area contributed by atoms with E-state index in [9.17, 15) is 63.8 Å². The summed E-state index contributed by atoms with van der Waals surface area (Å²) >= 11 is 29.0. The Kier molecular flexibility index (Phi) is 25.5. The van der Waals surface area contributed by atoms with Gasteiger partial charge in [0.05, 0.1) is 44.6 Å². The van der Waals surface area contributed by atoms with Gasteiger partial charge in [-0.1, -0.05) is 66.2 Å². The van der Waals surface area contributed by atoms with Gasteiger partial charge in [0.15, 0.2) is 28.0 Å². The lowest BCUT2D eigenvalue weighted by Gasteiger charge is -2.14. The normalized spacial score (nSPS) is 12.0. The lowest BCUT2D eigenvalue weighted by Crippen LogP contribution is -2.25. The van der Waals surface area contributed by atoms with Crippen LogP contribution in [0.4, 0.5) is 32.0 Å². The van der Waals surface area contributed by atoms with Crippen molar-refractivity contribution in [3.8, 4) is 17.3 Å². The summed E-state index contributed by atoms with van der Waals surface area (Å²) in [5, 5.41) is 26.1. The number of aromatic carboxylic acids is 1. The highest BCUT2D eigenvalue weighted by atomic mass is 35.5. The van der Waals surface area contributed by atoms with Gasteiger partial charge < -0.3 is 30.2 Å². The highest BCUT2D eigenvalue weighted by Gasteiger charge is 2.34. The Morgan fingerprint density at radius 3 is 2.16 bits per heavy atom. The Bertz CT molecular complexity index is 3760. The fraction of sp³-hybridized carbons (Fsp3) is 0.340. The zero-order chi connectivity index (χ0) is 64.0. The first-order valence-corrected chi connectivity index (χ1v) is 28.6. The number of sulfone groups is 1. The predicted molar refractivity (Wildman–Crippen MR) is 304 cm³/mol.